The zero-order chi connectivity index (χ0) is 16.7. The summed E-state index contributed by atoms with van der Waals surface area (Å²) in [4.78, 5) is 12.0. The van der Waals surface area contributed by atoms with Crippen LogP contribution < -0.4 is 20.1 Å². The van der Waals surface area contributed by atoms with E-state index in [2.05, 4.69) is 10.6 Å². The second kappa shape index (κ2) is 8.08. The lowest BCUT2D eigenvalue weighted by Crippen LogP contribution is -2.16. The zero-order valence-electron chi connectivity index (χ0n) is 13.7. The summed E-state index contributed by atoms with van der Waals surface area (Å²) in [7, 11) is 3.23. The van der Waals surface area contributed by atoms with Gasteiger partial charge in [0.05, 0.1) is 19.9 Å². The van der Waals surface area contributed by atoms with Gasteiger partial charge in [-0.3, -0.25) is 4.79 Å². The topological polar surface area (TPSA) is 59.6 Å². The van der Waals surface area contributed by atoms with E-state index in [4.69, 9.17) is 9.47 Å². The van der Waals surface area contributed by atoms with Gasteiger partial charge in [0.25, 0.3) is 0 Å². The van der Waals surface area contributed by atoms with Crippen LogP contribution in [-0.2, 0) is 4.79 Å². The number of rotatable bonds is 7. The molecule has 0 radical (unpaired) electrons. The van der Waals surface area contributed by atoms with Crippen molar-refractivity contribution >= 4 is 17.3 Å². The highest BCUT2D eigenvalue weighted by Gasteiger charge is 2.06. The van der Waals surface area contributed by atoms with Crippen LogP contribution in [0, 0.1) is 6.92 Å². The minimum Gasteiger partial charge on any atom is -0.497 e. The first-order valence-corrected chi connectivity index (χ1v) is 7.45. The Kier molecular flexibility index (Phi) is 5.86. The second-order valence-corrected chi connectivity index (χ2v) is 5.16. The minimum absolute atomic E-state index is 0.0580. The summed E-state index contributed by atoms with van der Waals surface area (Å²) in [5.41, 5.74) is 2.75. The highest BCUT2D eigenvalue weighted by atomic mass is 16.5. The van der Waals surface area contributed by atoms with Gasteiger partial charge in [0, 0.05) is 24.7 Å². The summed E-state index contributed by atoms with van der Waals surface area (Å²) in [6, 6.07) is 13.2. The van der Waals surface area contributed by atoms with Gasteiger partial charge in [0.15, 0.2) is 0 Å². The Morgan fingerprint density at radius 3 is 2.65 bits per heavy atom. The van der Waals surface area contributed by atoms with Gasteiger partial charge < -0.3 is 20.1 Å². The molecule has 0 unspecified atom stereocenters. The van der Waals surface area contributed by atoms with Crippen LogP contribution in [0.1, 0.15) is 12.0 Å². The van der Waals surface area contributed by atoms with Gasteiger partial charge in [-0.2, -0.15) is 0 Å². The Morgan fingerprint density at radius 2 is 1.91 bits per heavy atom. The van der Waals surface area contributed by atoms with Crippen LogP contribution in [0.3, 0.4) is 0 Å². The number of methoxy groups -OCH3 is 2. The first-order chi connectivity index (χ1) is 11.1. The van der Waals surface area contributed by atoms with Crippen molar-refractivity contribution < 1.29 is 14.3 Å². The van der Waals surface area contributed by atoms with Crippen molar-refractivity contribution in [1.29, 1.82) is 0 Å². The number of aryl methyl sites for hydroxylation is 1. The van der Waals surface area contributed by atoms with E-state index in [0.717, 1.165) is 22.7 Å². The fraction of sp³-hybridized carbons (Fsp3) is 0.278. The van der Waals surface area contributed by atoms with E-state index in [1.807, 2.05) is 43.3 Å². The van der Waals surface area contributed by atoms with E-state index in [1.54, 1.807) is 20.3 Å². The molecule has 1 amide bonds. The molecule has 5 nitrogen and oxygen atoms in total. The van der Waals surface area contributed by atoms with Crippen LogP contribution in [0.2, 0.25) is 0 Å². The molecule has 0 saturated carbocycles. The first-order valence-electron chi connectivity index (χ1n) is 7.45. The Morgan fingerprint density at radius 1 is 1.09 bits per heavy atom. The third kappa shape index (κ3) is 4.92. The number of nitrogens with one attached hydrogen (secondary N) is 2. The van der Waals surface area contributed by atoms with Crippen LogP contribution in [-0.4, -0.2) is 26.7 Å². The van der Waals surface area contributed by atoms with Gasteiger partial charge in [-0.15, -0.1) is 0 Å². The molecule has 2 aromatic carbocycles. The van der Waals surface area contributed by atoms with Crippen molar-refractivity contribution in [3.8, 4) is 11.5 Å². The lowest BCUT2D eigenvalue weighted by atomic mass is 10.2. The van der Waals surface area contributed by atoms with Crippen molar-refractivity contribution in [2.24, 2.45) is 0 Å². The van der Waals surface area contributed by atoms with E-state index in [9.17, 15) is 4.79 Å². The third-order valence-electron chi connectivity index (χ3n) is 3.38. The standard InChI is InChI=1S/C18H22N2O3/c1-13-7-8-17(23-3)16(11-13)19-10-9-18(21)20-14-5-4-6-15(12-14)22-2/h4-8,11-12,19H,9-10H2,1-3H3,(H,20,21). The number of carbonyl (C=O) groups is 1. The number of amides is 1. The SMILES string of the molecule is COc1cccc(NC(=O)CCNc2cc(C)ccc2OC)c1. The molecule has 2 rings (SSSR count). The molecular formula is C18H22N2O3. The van der Waals surface area contributed by atoms with Crippen LogP contribution in [0.25, 0.3) is 0 Å². The summed E-state index contributed by atoms with van der Waals surface area (Å²) in [5, 5.41) is 6.09. The molecule has 0 heterocycles. The number of hydrogen-bond donors (Lipinski definition) is 2. The fourth-order valence-electron chi connectivity index (χ4n) is 2.19. The Balaban J connectivity index is 1.86. The van der Waals surface area contributed by atoms with Gasteiger partial charge >= 0.3 is 0 Å². The second-order valence-electron chi connectivity index (χ2n) is 5.16. The van der Waals surface area contributed by atoms with Gasteiger partial charge in [-0.05, 0) is 36.8 Å². The van der Waals surface area contributed by atoms with E-state index < -0.39 is 0 Å². The fourth-order valence-corrected chi connectivity index (χ4v) is 2.19. The van der Waals surface area contributed by atoms with Crippen LogP contribution in [0.15, 0.2) is 42.5 Å². The molecule has 0 bridgehead atoms. The maximum Gasteiger partial charge on any atom is 0.226 e. The van der Waals surface area contributed by atoms with Gasteiger partial charge in [0.1, 0.15) is 11.5 Å². The van der Waals surface area contributed by atoms with Crippen molar-refractivity contribution in [2.75, 3.05) is 31.4 Å². The minimum atomic E-state index is -0.0580. The molecule has 5 heteroatoms. The predicted molar refractivity (Wildman–Crippen MR) is 92.5 cm³/mol. The highest BCUT2D eigenvalue weighted by Crippen LogP contribution is 2.25. The van der Waals surface area contributed by atoms with Crippen molar-refractivity contribution in [3.63, 3.8) is 0 Å². The molecule has 122 valence electrons. The molecule has 0 saturated heterocycles. The summed E-state index contributed by atoms with van der Waals surface area (Å²) in [6.45, 7) is 2.54. The van der Waals surface area contributed by atoms with E-state index in [1.165, 1.54) is 0 Å². The summed E-state index contributed by atoms with van der Waals surface area (Å²) in [6.07, 6.45) is 0.355. The quantitative estimate of drug-likeness (QED) is 0.822. The molecule has 0 atom stereocenters. The number of anilines is 2. The Hall–Kier alpha value is -2.69. The summed E-state index contributed by atoms with van der Waals surface area (Å²) >= 11 is 0. The van der Waals surface area contributed by atoms with Gasteiger partial charge in [0.2, 0.25) is 5.91 Å². The molecule has 2 aromatic rings. The van der Waals surface area contributed by atoms with Crippen molar-refractivity contribution in [1.82, 2.24) is 0 Å². The number of hydrogen-bond acceptors (Lipinski definition) is 4. The molecule has 0 aliphatic rings. The maximum absolute atomic E-state index is 12.0. The lowest BCUT2D eigenvalue weighted by molar-refractivity contribution is -0.115. The Labute approximate surface area is 136 Å². The van der Waals surface area contributed by atoms with Crippen molar-refractivity contribution in [3.05, 3.63) is 48.0 Å². The van der Waals surface area contributed by atoms with E-state index >= 15 is 0 Å². The average molecular weight is 314 g/mol. The average Bonchev–Trinajstić information content (AvgIpc) is 2.55. The lowest BCUT2D eigenvalue weighted by Gasteiger charge is -2.12. The Bertz CT molecular complexity index is 671. The highest BCUT2D eigenvalue weighted by molar-refractivity contribution is 5.91. The van der Waals surface area contributed by atoms with E-state index in [-0.39, 0.29) is 5.91 Å². The molecule has 0 aliphatic heterocycles. The number of ether oxygens (including phenoxy) is 2. The molecule has 2 N–H and O–H groups in total. The molecule has 0 spiro atoms. The molecule has 23 heavy (non-hydrogen) atoms. The normalized spacial score (nSPS) is 10.0. The largest absolute Gasteiger partial charge is 0.497 e. The molecular weight excluding hydrogens is 292 g/mol. The van der Waals surface area contributed by atoms with Gasteiger partial charge in [-0.1, -0.05) is 12.1 Å². The zero-order valence-corrected chi connectivity index (χ0v) is 13.7. The summed E-state index contributed by atoms with van der Waals surface area (Å²) < 4.78 is 10.4. The molecule has 0 aliphatic carbocycles. The maximum atomic E-state index is 12.0. The van der Waals surface area contributed by atoms with Crippen LogP contribution in [0.4, 0.5) is 11.4 Å². The molecule has 0 aromatic heterocycles. The number of benzene rings is 2. The van der Waals surface area contributed by atoms with Gasteiger partial charge in [-0.25, -0.2) is 0 Å². The van der Waals surface area contributed by atoms with E-state index in [0.29, 0.717) is 18.7 Å². The molecule has 0 fully saturated rings. The van der Waals surface area contributed by atoms with Crippen LogP contribution in [0.5, 0.6) is 11.5 Å². The third-order valence-corrected chi connectivity index (χ3v) is 3.38. The monoisotopic (exact) mass is 314 g/mol. The predicted octanol–water partition coefficient (Wildman–Crippen LogP) is 3.45. The smallest absolute Gasteiger partial charge is 0.226 e. The van der Waals surface area contributed by atoms with Crippen molar-refractivity contribution in [2.45, 2.75) is 13.3 Å². The summed E-state index contributed by atoms with van der Waals surface area (Å²) in [5.74, 6) is 1.42. The first kappa shape index (κ1) is 16.7. The number of carbonyl (C=O) groups excluding carboxylic acids is 1. The van der Waals surface area contributed by atoms with Crippen LogP contribution >= 0.6 is 0 Å².